The molecule has 0 atom stereocenters. The van der Waals surface area contributed by atoms with Crippen LogP contribution in [0.3, 0.4) is 0 Å². The second-order valence-electron chi connectivity index (χ2n) is 0.946. The van der Waals surface area contributed by atoms with Gasteiger partial charge in [-0.2, -0.15) is 0 Å². The molecule has 0 aliphatic heterocycles. The Kier molecular flexibility index (Phi) is 2.20. The van der Waals surface area contributed by atoms with Crippen LogP contribution < -0.4 is 11.3 Å². The fraction of sp³-hybridized carbons (Fsp3) is 0. The Morgan fingerprint density at radius 1 is 1.00 bits per heavy atom. The molecule has 0 N–H and O–H groups in total. The fourth-order valence-corrected chi connectivity index (χ4v) is 1.82. The maximum Gasteiger partial charge on any atom is 0.436 e. The molecule has 0 saturated carbocycles. The molecule has 0 saturated heterocycles. The highest BCUT2D eigenvalue weighted by Gasteiger charge is 1.90. The summed E-state index contributed by atoms with van der Waals surface area (Å²) in [6.07, 6.45) is 0. The summed E-state index contributed by atoms with van der Waals surface area (Å²) in [6, 6.07) is 0. The van der Waals surface area contributed by atoms with Gasteiger partial charge in [0.25, 0.3) is 0 Å². The van der Waals surface area contributed by atoms with Crippen molar-refractivity contribution in [1.29, 1.82) is 0 Å². The molecule has 0 unspecified atom stereocenters. The van der Waals surface area contributed by atoms with Crippen LogP contribution in [-0.2, 0) is 0 Å². The van der Waals surface area contributed by atoms with E-state index in [1.807, 2.05) is 0 Å². The maximum atomic E-state index is 10.3. The molecule has 4 nitrogen and oxygen atoms in total. The van der Waals surface area contributed by atoms with Gasteiger partial charge in [0.2, 0.25) is 0 Å². The Bertz CT molecular complexity index is 275. The molecular formula is C2O4S3. The van der Waals surface area contributed by atoms with Gasteiger partial charge in [-0.05, 0) is 0 Å². The van der Waals surface area contributed by atoms with E-state index in [-0.39, 0.29) is 0 Å². The third-order valence-corrected chi connectivity index (χ3v) is 2.73. The normalized spacial score (nSPS) is 8.89. The lowest BCUT2D eigenvalue weighted by atomic mass is 11.0. The maximum absolute atomic E-state index is 10.3. The molecule has 0 radical (unpaired) electrons. The first-order valence-electron chi connectivity index (χ1n) is 1.73. The SMILES string of the molecule is O=c1osssoc1=O. The molecule has 0 aliphatic rings. The van der Waals surface area contributed by atoms with Crippen LogP contribution in [0.1, 0.15) is 0 Å². The molecule has 0 aromatic carbocycles. The Morgan fingerprint density at radius 3 is 1.89 bits per heavy atom. The van der Waals surface area contributed by atoms with E-state index in [4.69, 9.17) is 0 Å². The van der Waals surface area contributed by atoms with Crippen molar-refractivity contribution in [1.82, 2.24) is 0 Å². The highest BCUT2D eigenvalue weighted by Crippen LogP contribution is 2.03. The van der Waals surface area contributed by atoms with Crippen LogP contribution in [0.15, 0.2) is 17.3 Å². The standard InChI is InChI=1S/C2O4S3/c3-1-2(4)6-8-9-7-5-1. The van der Waals surface area contributed by atoms with E-state index < -0.39 is 11.3 Å². The van der Waals surface area contributed by atoms with E-state index >= 15 is 0 Å². The largest absolute Gasteiger partial charge is 0.436 e. The summed E-state index contributed by atoms with van der Waals surface area (Å²) >= 11 is 0. The second-order valence-corrected chi connectivity index (χ2v) is 4.14. The van der Waals surface area contributed by atoms with Gasteiger partial charge in [-0.1, -0.05) is 0 Å². The highest BCUT2D eigenvalue weighted by molar-refractivity contribution is 7.90. The zero-order valence-electron chi connectivity index (χ0n) is 3.86. The van der Waals surface area contributed by atoms with Crippen molar-refractivity contribution in [3.63, 3.8) is 0 Å². The lowest BCUT2D eigenvalue weighted by Gasteiger charge is -1.56. The minimum Gasteiger partial charge on any atom is -0.345 e. The highest BCUT2D eigenvalue weighted by atomic mass is 33.2. The van der Waals surface area contributed by atoms with Crippen LogP contribution in [0.25, 0.3) is 0 Å². The minimum atomic E-state index is -0.961. The first-order valence-corrected chi connectivity index (χ1v) is 5.07. The van der Waals surface area contributed by atoms with E-state index in [0.717, 1.165) is 30.6 Å². The monoisotopic (exact) mass is 184 g/mol. The molecular weight excluding hydrogens is 184 g/mol. The van der Waals surface area contributed by atoms with Crippen LogP contribution in [0.4, 0.5) is 0 Å². The van der Waals surface area contributed by atoms with Crippen LogP contribution in [0.2, 0.25) is 0 Å². The summed E-state index contributed by atoms with van der Waals surface area (Å²) in [6.45, 7) is 0. The lowest BCUT2D eigenvalue weighted by Crippen LogP contribution is -2.17. The zero-order chi connectivity index (χ0) is 6.69. The average molecular weight is 184 g/mol. The smallest absolute Gasteiger partial charge is 0.345 e. The van der Waals surface area contributed by atoms with Crippen molar-refractivity contribution >= 4 is 30.6 Å². The van der Waals surface area contributed by atoms with Gasteiger partial charge >= 0.3 is 11.3 Å². The lowest BCUT2D eigenvalue weighted by molar-refractivity contribution is 0.549. The fourth-order valence-electron chi connectivity index (χ4n) is 0.169. The molecule has 1 rings (SSSR count). The zero-order valence-corrected chi connectivity index (χ0v) is 6.31. The number of hydrogen-bond donors (Lipinski definition) is 0. The quantitative estimate of drug-likeness (QED) is 0.444. The summed E-state index contributed by atoms with van der Waals surface area (Å²) in [5.41, 5.74) is -1.92. The van der Waals surface area contributed by atoms with Gasteiger partial charge in [-0.25, -0.2) is 9.59 Å². The predicted molar refractivity (Wildman–Crippen MR) is 34.8 cm³/mol. The minimum absolute atomic E-state index is 0.812. The van der Waals surface area contributed by atoms with Crippen molar-refractivity contribution in [2.45, 2.75) is 0 Å². The molecule has 1 aromatic rings. The van der Waals surface area contributed by atoms with E-state index in [0.29, 0.717) is 0 Å². The average Bonchev–Trinajstić information content (AvgIpc) is 1.99. The van der Waals surface area contributed by atoms with Gasteiger partial charge in [-0.3, -0.25) is 0 Å². The Hall–Kier alpha value is -0.400. The molecule has 0 fully saturated rings. The third-order valence-electron chi connectivity index (χ3n) is 0.442. The first-order chi connectivity index (χ1) is 4.30. The van der Waals surface area contributed by atoms with E-state index in [2.05, 4.69) is 7.70 Å². The summed E-state index contributed by atoms with van der Waals surface area (Å²) < 4.78 is 8.52. The van der Waals surface area contributed by atoms with Gasteiger partial charge in [0, 0.05) is 0 Å². The Morgan fingerprint density at radius 2 is 1.44 bits per heavy atom. The van der Waals surface area contributed by atoms with Crippen molar-refractivity contribution in [2.24, 2.45) is 0 Å². The Labute approximate surface area is 59.5 Å². The molecule has 9 heavy (non-hydrogen) atoms. The summed E-state index contributed by atoms with van der Waals surface area (Å²) in [7, 11) is 2.69. The van der Waals surface area contributed by atoms with Gasteiger partial charge in [0.15, 0.2) is 0 Å². The number of rotatable bonds is 0. The van der Waals surface area contributed by atoms with Crippen LogP contribution in [0, 0.1) is 0 Å². The molecule has 0 aliphatic carbocycles. The van der Waals surface area contributed by atoms with Gasteiger partial charge in [0.1, 0.15) is 21.3 Å². The summed E-state index contributed by atoms with van der Waals surface area (Å²) in [5, 5.41) is 0. The van der Waals surface area contributed by atoms with Crippen LogP contribution in [-0.4, -0.2) is 0 Å². The van der Waals surface area contributed by atoms with Crippen molar-refractivity contribution in [3.05, 3.63) is 20.8 Å². The molecule has 0 amide bonds. The third kappa shape index (κ3) is 1.77. The van der Waals surface area contributed by atoms with Gasteiger partial charge in [-0.15, -0.1) is 0 Å². The number of hydrogen-bond acceptors (Lipinski definition) is 7. The molecule has 0 bridgehead atoms. The topological polar surface area (TPSA) is 60.4 Å². The molecule has 0 spiro atoms. The van der Waals surface area contributed by atoms with Gasteiger partial charge in [0.05, 0.1) is 9.34 Å². The van der Waals surface area contributed by atoms with Crippen molar-refractivity contribution in [3.8, 4) is 0 Å². The molecule has 7 heteroatoms. The van der Waals surface area contributed by atoms with Crippen molar-refractivity contribution < 1.29 is 7.70 Å². The first kappa shape index (κ1) is 6.72. The van der Waals surface area contributed by atoms with Crippen LogP contribution in [0.5, 0.6) is 0 Å². The predicted octanol–water partition coefficient (Wildman–Crippen LogP) is 0.902. The van der Waals surface area contributed by atoms with Crippen molar-refractivity contribution in [2.75, 3.05) is 0 Å². The summed E-state index contributed by atoms with van der Waals surface area (Å²) in [4.78, 5) is 20.5. The van der Waals surface area contributed by atoms with Gasteiger partial charge < -0.3 is 7.70 Å². The van der Waals surface area contributed by atoms with E-state index in [1.165, 1.54) is 0 Å². The molecule has 50 valence electrons. The van der Waals surface area contributed by atoms with E-state index in [1.54, 1.807) is 0 Å². The molecule has 1 aromatic heterocycles. The Balaban J connectivity index is 3.62. The van der Waals surface area contributed by atoms with Crippen LogP contribution >= 0.6 is 30.6 Å². The molecule has 1 heterocycles. The van der Waals surface area contributed by atoms with E-state index in [9.17, 15) is 9.59 Å². The summed E-state index contributed by atoms with van der Waals surface area (Å²) in [5.74, 6) is 0. The second kappa shape index (κ2) is 2.95.